The molecule has 1 aromatic rings. The Morgan fingerprint density at radius 2 is 1.90 bits per heavy atom. The fraction of sp³-hybridized carbons (Fsp3) is 0.400. The van der Waals surface area contributed by atoms with E-state index in [1.54, 1.807) is 24.3 Å². The van der Waals surface area contributed by atoms with Crippen LogP contribution in [-0.4, -0.2) is 20.2 Å². The molecular formula is C15H20BrNO3S. The van der Waals surface area contributed by atoms with Crippen molar-refractivity contribution in [1.82, 2.24) is 4.72 Å². The highest BCUT2D eigenvalue weighted by atomic mass is 79.9. The Kier molecular flexibility index (Phi) is 6.77. The summed E-state index contributed by atoms with van der Waals surface area (Å²) >= 11 is 3.25. The highest BCUT2D eigenvalue weighted by Crippen LogP contribution is 2.16. The molecule has 1 N–H and O–H groups in total. The Labute approximate surface area is 134 Å². The Morgan fingerprint density at radius 1 is 1.33 bits per heavy atom. The quantitative estimate of drug-likeness (QED) is 0.759. The Hall–Kier alpha value is -0.980. The molecule has 0 aliphatic heterocycles. The van der Waals surface area contributed by atoms with E-state index in [0.29, 0.717) is 12.8 Å². The SMILES string of the molecule is C=C(Br)CCC(CC(C)=O)NS(=O)(=O)c1ccc(C)cc1. The Morgan fingerprint density at radius 3 is 2.38 bits per heavy atom. The lowest BCUT2D eigenvalue weighted by atomic mass is 10.1. The molecule has 0 bridgehead atoms. The van der Waals surface area contributed by atoms with Crippen molar-refractivity contribution in [3.8, 4) is 0 Å². The Balaban J connectivity index is 2.86. The summed E-state index contributed by atoms with van der Waals surface area (Å²) in [5, 5.41) is 0. The molecule has 0 saturated carbocycles. The van der Waals surface area contributed by atoms with Crippen molar-refractivity contribution >= 4 is 31.7 Å². The number of sulfonamides is 1. The van der Waals surface area contributed by atoms with E-state index < -0.39 is 16.1 Å². The lowest BCUT2D eigenvalue weighted by molar-refractivity contribution is -0.117. The van der Waals surface area contributed by atoms with Crippen molar-refractivity contribution in [2.75, 3.05) is 0 Å². The highest BCUT2D eigenvalue weighted by Gasteiger charge is 2.21. The number of Topliss-reactive ketones (excluding diaryl/α,β-unsaturated/α-hetero) is 1. The zero-order valence-electron chi connectivity index (χ0n) is 12.2. The van der Waals surface area contributed by atoms with Gasteiger partial charge >= 0.3 is 0 Å². The molecule has 1 atom stereocenters. The van der Waals surface area contributed by atoms with Gasteiger partial charge in [-0.15, -0.1) is 0 Å². The first-order valence-electron chi connectivity index (χ1n) is 6.62. The number of carbonyl (C=O) groups is 1. The lowest BCUT2D eigenvalue weighted by Gasteiger charge is -2.17. The van der Waals surface area contributed by atoms with Crippen molar-refractivity contribution in [3.05, 3.63) is 40.9 Å². The van der Waals surface area contributed by atoms with Crippen molar-refractivity contribution in [3.63, 3.8) is 0 Å². The van der Waals surface area contributed by atoms with Gasteiger partial charge in [0.25, 0.3) is 0 Å². The summed E-state index contributed by atoms with van der Waals surface area (Å²) in [6.07, 6.45) is 1.30. The van der Waals surface area contributed by atoms with E-state index >= 15 is 0 Å². The van der Waals surface area contributed by atoms with Gasteiger partial charge in [-0.05, 0) is 43.3 Å². The van der Waals surface area contributed by atoms with Gasteiger partial charge in [-0.25, -0.2) is 13.1 Å². The lowest BCUT2D eigenvalue weighted by Crippen LogP contribution is -2.36. The van der Waals surface area contributed by atoms with Crippen molar-refractivity contribution in [1.29, 1.82) is 0 Å². The number of rotatable bonds is 8. The number of allylic oxidation sites excluding steroid dienone is 1. The third-order valence-corrected chi connectivity index (χ3v) is 4.88. The normalized spacial score (nSPS) is 12.9. The Bertz CT molecular complexity index is 608. The number of benzene rings is 1. The summed E-state index contributed by atoms with van der Waals surface area (Å²) < 4.78 is 28.0. The summed E-state index contributed by atoms with van der Waals surface area (Å²) in [5.74, 6) is -0.0493. The van der Waals surface area contributed by atoms with Gasteiger partial charge in [0.1, 0.15) is 5.78 Å². The minimum atomic E-state index is -3.62. The molecule has 0 heterocycles. The molecule has 0 spiro atoms. The number of aryl methyl sites for hydroxylation is 1. The number of carbonyl (C=O) groups excluding carboxylic acids is 1. The van der Waals surface area contributed by atoms with Crippen LogP contribution in [0.1, 0.15) is 31.7 Å². The minimum absolute atomic E-state index is 0.0493. The molecule has 0 amide bonds. The van der Waals surface area contributed by atoms with Gasteiger partial charge in [0, 0.05) is 12.5 Å². The fourth-order valence-corrected chi connectivity index (χ4v) is 3.38. The fourth-order valence-electron chi connectivity index (χ4n) is 1.89. The zero-order chi connectivity index (χ0) is 16.0. The maximum Gasteiger partial charge on any atom is 0.240 e. The topological polar surface area (TPSA) is 63.2 Å². The van der Waals surface area contributed by atoms with Gasteiger partial charge in [-0.3, -0.25) is 4.79 Å². The second-order valence-corrected chi connectivity index (χ2v) is 7.93. The van der Waals surface area contributed by atoms with Crippen LogP contribution in [0.5, 0.6) is 0 Å². The van der Waals surface area contributed by atoms with E-state index in [9.17, 15) is 13.2 Å². The average Bonchev–Trinajstić information content (AvgIpc) is 2.35. The van der Waals surface area contributed by atoms with E-state index in [1.807, 2.05) is 6.92 Å². The molecule has 0 aliphatic rings. The highest BCUT2D eigenvalue weighted by molar-refractivity contribution is 9.11. The van der Waals surface area contributed by atoms with E-state index in [-0.39, 0.29) is 17.1 Å². The molecule has 6 heteroatoms. The third kappa shape index (κ3) is 6.54. The van der Waals surface area contributed by atoms with Crippen LogP contribution in [-0.2, 0) is 14.8 Å². The van der Waals surface area contributed by atoms with Crippen LogP contribution in [0.25, 0.3) is 0 Å². The van der Waals surface area contributed by atoms with Crippen LogP contribution in [0.4, 0.5) is 0 Å². The summed E-state index contributed by atoms with van der Waals surface area (Å²) in [7, 11) is -3.62. The molecule has 0 aliphatic carbocycles. The molecule has 0 saturated heterocycles. The van der Waals surface area contributed by atoms with Gasteiger partial charge in [0.15, 0.2) is 0 Å². The molecule has 0 aromatic heterocycles. The maximum absolute atomic E-state index is 12.3. The summed E-state index contributed by atoms with van der Waals surface area (Å²) in [4.78, 5) is 11.5. The van der Waals surface area contributed by atoms with Crippen molar-refractivity contribution in [2.45, 2.75) is 44.0 Å². The van der Waals surface area contributed by atoms with Crippen molar-refractivity contribution < 1.29 is 13.2 Å². The molecular weight excluding hydrogens is 354 g/mol. The van der Waals surface area contributed by atoms with E-state index in [1.165, 1.54) is 6.92 Å². The van der Waals surface area contributed by atoms with Crippen LogP contribution in [0.15, 0.2) is 40.2 Å². The van der Waals surface area contributed by atoms with Gasteiger partial charge in [-0.2, -0.15) is 0 Å². The standard InChI is InChI=1S/C15H20BrNO3S/c1-11-4-8-15(9-5-11)21(19,20)17-14(10-13(3)18)7-6-12(2)16/h4-5,8-9,14,17H,2,6-7,10H2,1,3H3. The van der Waals surface area contributed by atoms with Crippen LogP contribution in [0, 0.1) is 6.92 Å². The summed E-state index contributed by atoms with van der Waals surface area (Å²) in [6, 6.07) is 6.18. The van der Waals surface area contributed by atoms with Crippen LogP contribution in [0.2, 0.25) is 0 Å². The van der Waals surface area contributed by atoms with E-state index in [2.05, 4.69) is 27.2 Å². The van der Waals surface area contributed by atoms with Gasteiger partial charge in [-0.1, -0.05) is 40.2 Å². The average molecular weight is 374 g/mol. The number of halogens is 1. The first kappa shape index (κ1) is 18.1. The minimum Gasteiger partial charge on any atom is -0.300 e. The molecule has 0 radical (unpaired) electrons. The zero-order valence-corrected chi connectivity index (χ0v) is 14.6. The first-order valence-corrected chi connectivity index (χ1v) is 8.90. The molecule has 1 unspecified atom stereocenters. The molecule has 4 nitrogen and oxygen atoms in total. The maximum atomic E-state index is 12.3. The molecule has 116 valence electrons. The second kappa shape index (κ2) is 7.87. The van der Waals surface area contributed by atoms with Crippen LogP contribution in [0.3, 0.4) is 0 Å². The van der Waals surface area contributed by atoms with Crippen LogP contribution >= 0.6 is 15.9 Å². The van der Waals surface area contributed by atoms with E-state index in [0.717, 1.165) is 10.0 Å². The molecule has 1 aromatic carbocycles. The number of ketones is 1. The third-order valence-electron chi connectivity index (χ3n) is 2.95. The molecule has 21 heavy (non-hydrogen) atoms. The van der Waals surface area contributed by atoms with E-state index in [4.69, 9.17) is 0 Å². The smallest absolute Gasteiger partial charge is 0.240 e. The monoisotopic (exact) mass is 373 g/mol. The van der Waals surface area contributed by atoms with Crippen LogP contribution < -0.4 is 4.72 Å². The number of nitrogens with one attached hydrogen (secondary N) is 1. The summed E-state index contributed by atoms with van der Waals surface area (Å²) in [6.45, 7) is 7.07. The van der Waals surface area contributed by atoms with Gasteiger partial charge in [0.2, 0.25) is 10.0 Å². The van der Waals surface area contributed by atoms with Crippen molar-refractivity contribution in [2.24, 2.45) is 0 Å². The predicted octanol–water partition coefficient (Wildman–Crippen LogP) is 3.31. The molecule has 1 rings (SSSR count). The first-order chi connectivity index (χ1) is 9.70. The number of hydrogen-bond acceptors (Lipinski definition) is 3. The van der Waals surface area contributed by atoms with Gasteiger partial charge < -0.3 is 0 Å². The predicted molar refractivity (Wildman–Crippen MR) is 87.9 cm³/mol. The number of hydrogen-bond donors (Lipinski definition) is 1. The second-order valence-electron chi connectivity index (χ2n) is 5.09. The molecule has 0 fully saturated rings. The summed E-state index contributed by atoms with van der Waals surface area (Å²) in [5.41, 5.74) is 0.991. The largest absolute Gasteiger partial charge is 0.300 e. The van der Waals surface area contributed by atoms with Gasteiger partial charge in [0.05, 0.1) is 4.90 Å².